The topological polar surface area (TPSA) is 87.9 Å². The zero-order valence-corrected chi connectivity index (χ0v) is 13.3. The first-order valence-corrected chi connectivity index (χ1v) is 8.53. The fourth-order valence-corrected chi connectivity index (χ4v) is 3.91. The molecular weight excluding hydrogens is 310 g/mol. The van der Waals surface area contributed by atoms with Crippen LogP contribution in [0.3, 0.4) is 0 Å². The van der Waals surface area contributed by atoms with Crippen molar-refractivity contribution in [2.75, 3.05) is 18.0 Å². The van der Waals surface area contributed by atoms with Gasteiger partial charge < -0.3 is 15.6 Å². The largest absolute Gasteiger partial charge is 0.364 e. The van der Waals surface area contributed by atoms with Gasteiger partial charge in [0.25, 0.3) is 5.91 Å². The number of primary amides is 1. The highest BCUT2D eigenvalue weighted by molar-refractivity contribution is 7.13. The molecule has 4 rings (SSSR count). The van der Waals surface area contributed by atoms with E-state index in [9.17, 15) is 4.79 Å². The molecule has 7 heteroatoms. The van der Waals surface area contributed by atoms with Crippen LogP contribution in [0, 0.1) is 0 Å². The Hall–Kier alpha value is -2.41. The van der Waals surface area contributed by atoms with E-state index in [0.29, 0.717) is 11.6 Å². The van der Waals surface area contributed by atoms with Gasteiger partial charge in [-0.3, -0.25) is 4.79 Å². The van der Waals surface area contributed by atoms with Crippen molar-refractivity contribution < 1.29 is 4.79 Å². The van der Waals surface area contributed by atoms with Gasteiger partial charge >= 0.3 is 0 Å². The van der Waals surface area contributed by atoms with Crippen molar-refractivity contribution >= 4 is 33.4 Å². The smallest absolute Gasteiger partial charge is 0.268 e. The van der Waals surface area contributed by atoms with Crippen LogP contribution in [0.15, 0.2) is 29.6 Å². The van der Waals surface area contributed by atoms with Gasteiger partial charge in [-0.2, -0.15) is 0 Å². The monoisotopic (exact) mass is 327 g/mol. The van der Waals surface area contributed by atoms with Crippen LogP contribution in [-0.2, 0) is 0 Å². The number of imidazole rings is 1. The lowest BCUT2D eigenvalue weighted by molar-refractivity contribution is 0.0996. The molecule has 1 amide bonds. The summed E-state index contributed by atoms with van der Waals surface area (Å²) in [5.74, 6) is 0.901. The van der Waals surface area contributed by atoms with E-state index in [0.717, 1.165) is 47.9 Å². The number of carbonyl (C=O) groups is 1. The number of fused-ring (bicyclic) bond motifs is 1. The summed E-state index contributed by atoms with van der Waals surface area (Å²) in [5, 5.41) is 2.59. The molecule has 1 aliphatic heterocycles. The molecule has 1 saturated heterocycles. The fraction of sp³-hybridized carbons (Fsp3) is 0.312. The molecule has 3 N–H and O–H groups in total. The summed E-state index contributed by atoms with van der Waals surface area (Å²) in [7, 11) is 0. The lowest BCUT2D eigenvalue weighted by Gasteiger charge is -2.31. The Morgan fingerprint density at radius 2 is 2.22 bits per heavy atom. The van der Waals surface area contributed by atoms with Gasteiger partial charge in [-0.1, -0.05) is 12.1 Å². The van der Waals surface area contributed by atoms with Crippen LogP contribution < -0.4 is 10.6 Å². The molecule has 0 radical (unpaired) electrons. The highest BCUT2D eigenvalue weighted by Crippen LogP contribution is 2.31. The lowest BCUT2D eigenvalue weighted by Crippen LogP contribution is -2.34. The first kappa shape index (κ1) is 14.2. The molecule has 118 valence electrons. The summed E-state index contributed by atoms with van der Waals surface area (Å²) in [4.78, 5) is 25.9. The zero-order chi connectivity index (χ0) is 15.8. The van der Waals surface area contributed by atoms with Gasteiger partial charge in [0.05, 0.1) is 11.0 Å². The van der Waals surface area contributed by atoms with E-state index >= 15 is 0 Å². The minimum absolute atomic E-state index is 0.343. The number of nitrogens with one attached hydrogen (secondary N) is 1. The highest BCUT2D eigenvalue weighted by Gasteiger charge is 2.25. The van der Waals surface area contributed by atoms with Gasteiger partial charge in [0.15, 0.2) is 5.13 Å². The fourth-order valence-electron chi connectivity index (χ4n) is 3.06. The summed E-state index contributed by atoms with van der Waals surface area (Å²) < 4.78 is 0. The standard InChI is InChI=1S/C16H17N5OS/c17-14(22)13-9-23-16(20-13)21-7-3-4-10(8-21)15-18-11-5-1-2-6-12(11)19-15/h1-2,5-6,9-10H,3-4,7-8H2,(H2,17,22)(H,18,19)/t10-/m1/s1. The third-order valence-corrected chi connectivity index (χ3v) is 5.13. The number of thiazole rings is 1. The summed E-state index contributed by atoms with van der Waals surface area (Å²) >= 11 is 1.47. The number of para-hydroxylation sites is 2. The quantitative estimate of drug-likeness (QED) is 0.773. The van der Waals surface area contributed by atoms with Crippen molar-refractivity contribution in [2.45, 2.75) is 18.8 Å². The van der Waals surface area contributed by atoms with Crippen LogP contribution in [-0.4, -0.2) is 33.9 Å². The van der Waals surface area contributed by atoms with Crippen molar-refractivity contribution in [2.24, 2.45) is 5.73 Å². The maximum absolute atomic E-state index is 11.2. The molecule has 0 saturated carbocycles. The van der Waals surface area contributed by atoms with E-state index in [4.69, 9.17) is 10.7 Å². The highest BCUT2D eigenvalue weighted by atomic mass is 32.1. The number of benzene rings is 1. The third kappa shape index (κ3) is 2.68. The van der Waals surface area contributed by atoms with Gasteiger partial charge in [0, 0.05) is 24.4 Å². The summed E-state index contributed by atoms with van der Waals surface area (Å²) in [6.07, 6.45) is 2.18. The number of H-pyrrole nitrogens is 1. The molecule has 1 fully saturated rings. The number of aromatic amines is 1. The predicted molar refractivity (Wildman–Crippen MR) is 90.9 cm³/mol. The Kier molecular flexibility index (Phi) is 3.49. The number of piperidine rings is 1. The van der Waals surface area contributed by atoms with Crippen LogP contribution in [0.2, 0.25) is 0 Å². The van der Waals surface area contributed by atoms with Crippen molar-refractivity contribution in [1.29, 1.82) is 0 Å². The van der Waals surface area contributed by atoms with Gasteiger partial charge in [-0.15, -0.1) is 11.3 Å². The number of anilines is 1. The zero-order valence-electron chi connectivity index (χ0n) is 12.5. The predicted octanol–water partition coefficient (Wildman–Crippen LogP) is 2.50. The number of rotatable bonds is 3. The van der Waals surface area contributed by atoms with Gasteiger partial charge in [-0.25, -0.2) is 9.97 Å². The van der Waals surface area contributed by atoms with E-state index in [-0.39, 0.29) is 0 Å². The normalized spacial score (nSPS) is 18.4. The average Bonchev–Trinajstić information content (AvgIpc) is 3.22. The van der Waals surface area contributed by atoms with E-state index in [1.165, 1.54) is 11.3 Å². The first-order chi connectivity index (χ1) is 11.2. The molecule has 1 aliphatic rings. The number of hydrogen-bond acceptors (Lipinski definition) is 5. The molecule has 3 aromatic rings. The molecule has 3 heterocycles. The Balaban J connectivity index is 1.57. The van der Waals surface area contributed by atoms with Crippen LogP contribution in [0.1, 0.15) is 35.1 Å². The van der Waals surface area contributed by atoms with Gasteiger partial charge in [0.2, 0.25) is 0 Å². The first-order valence-electron chi connectivity index (χ1n) is 7.65. The molecule has 6 nitrogen and oxygen atoms in total. The number of aromatic nitrogens is 3. The van der Waals surface area contributed by atoms with Crippen LogP contribution >= 0.6 is 11.3 Å². The second kappa shape index (κ2) is 5.66. The van der Waals surface area contributed by atoms with Crippen molar-refractivity contribution in [3.05, 3.63) is 41.2 Å². The van der Waals surface area contributed by atoms with Crippen LogP contribution in [0.25, 0.3) is 11.0 Å². The Labute approximate surface area is 137 Å². The number of nitrogens with two attached hydrogens (primary N) is 1. The maximum Gasteiger partial charge on any atom is 0.268 e. The van der Waals surface area contributed by atoms with E-state index < -0.39 is 5.91 Å². The van der Waals surface area contributed by atoms with Crippen molar-refractivity contribution in [3.8, 4) is 0 Å². The summed E-state index contributed by atoms with van der Waals surface area (Å²) in [6.45, 7) is 1.80. The van der Waals surface area contributed by atoms with Crippen molar-refractivity contribution in [1.82, 2.24) is 15.0 Å². The Morgan fingerprint density at radius 3 is 3.00 bits per heavy atom. The SMILES string of the molecule is NC(=O)c1csc(N2CCC[C@@H](c3nc4ccccc4[nH]3)C2)n1. The molecule has 0 unspecified atom stereocenters. The van der Waals surface area contributed by atoms with E-state index in [1.807, 2.05) is 24.3 Å². The third-order valence-electron chi connectivity index (χ3n) is 4.23. The van der Waals surface area contributed by atoms with Crippen LogP contribution in [0.5, 0.6) is 0 Å². The molecule has 1 atom stereocenters. The lowest BCUT2D eigenvalue weighted by atomic mass is 9.98. The molecule has 0 aliphatic carbocycles. The minimum atomic E-state index is -0.474. The second-order valence-electron chi connectivity index (χ2n) is 5.80. The van der Waals surface area contributed by atoms with Crippen molar-refractivity contribution in [3.63, 3.8) is 0 Å². The molecular formula is C16H17N5OS. The van der Waals surface area contributed by atoms with Crippen LogP contribution in [0.4, 0.5) is 5.13 Å². The Morgan fingerprint density at radius 1 is 1.35 bits per heavy atom. The average molecular weight is 327 g/mol. The van der Waals surface area contributed by atoms with E-state index in [2.05, 4.69) is 14.9 Å². The molecule has 2 aromatic heterocycles. The number of nitrogens with zero attached hydrogens (tertiary/aromatic N) is 3. The molecule has 0 bridgehead atoms. The summed E-state index contributed by atoms with van der Waals surface area (Å²) in [5.41, 5.74) is 7.71. The molecule has 23 heavy (non-hydrogen) atoms. The Bertz CT molecular complexity index is 822. The van der Waals surface area contributed by atoms with E-state index in [1.54, 1.807) is 5.38 Å². The summed E-state index contributed by atoms with van der Waals surface area (Å²) in [6, 6.07) is 8.09. The number of carbonyl (C=O) groups excluding carboxylic acids is 1. The van der Waals surface area contributed by atoms with Gasteiger partial charge in [0.1, 0.15) is 11.5 Å². The molecule has 0 spiro atoms. The molecule has 1 aromatic carbocycles. The number of amides is 1. The maximum atomic E-state index is 11.2. The van der Waals surface area contributed by atoms with Gasteiger partial charge in [-0.05, 0) is 25.0 Å². The minimum Gasteiger partial charge on any atom is -0.364 e. The second-order valence-corrected chi connectivity index (χ2v) is 6.64. The number of hydrogen-bond donors (Lipinski definition) is 2.